The predicted octanol–water partition coefficient (Wildman–Crippen LogP) is 3.66. The van der Waals surface area contributed by atoms with Crippen LogP contribution in [0.1, 0.15) is 33.1 Å². The van der Waals surface area contributed by atoms with Crippen LogP contribution in [-0.4, -0.2) is 17.6 Å². The summed E-state index contributed by atoms with van der Waals surface area (Å²) in [5.41, 5.74) is 5.34. The Hall–Kier alpha value is -1.42. The molecule has 0 aliphatic carbocycles. The zero-order valence-electron chi connectivity index (χ0n) is 11.4. The molecular weight excluding hydrogens is 264 g/mol. The van der Waals surface area contributed by atoms with Crippen LogP contribution in [0.2, 0.25) is 5.02 Å². The summed E-state index contributed by atoms with van der Waals surface area (Å²) in [5, 5.41) is 12.4. The highest BCUT2D eigenvalue weighted by Gasteiger charge is 2.22. The first-order chi connectivity index (χ1) is 8.95. The minimum absolute atomic E-state index is 0.267. The van der Waals surface area contributed by atoms with E-state index < -0.39 is 0 Å². The van der Waals surface area contributed by atoms with Gasteiger partial charge in [-0.3, -0.25) is 0 Å². The van der Waals surface area contributed by atoms with Gasteiger partial charge in [0.1, 0.15) is 11.6 Å². The fourth-order valence-electron chi connectivity index (χ4n) is 1.68. The Labute approximate surface area is 119 Å². The number of ether oxygens (including phenoxy) is 1. The molecule has 0 aromatic heterocycles. The van der Waals surface area contributed by atoms with Crippen molar-refractivity contribution in [3.05, 3.63) is 29.3 Å². The summed E-state index contributed by atoms with van der Waals surface area (Å²) in [4.78, 5) is 0. The highest BCUT2D eigenvalue weighted by molar-refractivity contribution is 6.30. The van der Waals surface area contributed by atoms with Gasteiger partial charge in [-0.15, -0.1) is 0 Å². The lowest BCUT2D eigenvalue weighted by atomic mass is 9.86. The van der Waals surface area contributed by atoms with Crippen LogP contribution in [0.5, 0.6) is 5.75 Å². The van der Waals surface area contributed by atoms with Crippen LogP contribution >= 0.6 is 11.6 Å². The summed E-state index contributed by atoms with van der Waals surface area (Å²) < 4.78 is 5.59. The summed E-state index contributed by atoms with van der Waals surface area (Å²) in [6.07, 6.45) is 2.71. The van der Waals surface area contributed by atoms with Crippen molar-refractivity contribution in [2.24, 2.45) is 16.3 Å². The van der Waals surface area contributed by atoms with Crippen molar-refractivity contribution in [2.75, 3.05) is 6.61 Å². The minimum Gasteiger partial charge on any atom is -0.494 e. The van der Waals surface area contributed by atoms with E-state index in [9.17, 15) is 0 Å². The second-order valence-corrected chi connectivity index (χ2v) is 5.57. The second-order valence-electron chi connectivity index (χ2n) is 5.13. The van der Waals surface area contributed by atoms with E-state index in [0.29, 0.717) is 11.6 Å². The van der Waals surface area contributed by atoms with Crippen molar-refractivity contribution < 1.29 is 9.94 Å². The maximum Gasteiger partial charge on any atom is 0.144 e. The smallest absolute Gasteiger partial charge is 0.144 e. The standard InChI is InChI=1S/C14H21ClN2O2/c1-14(2,13(16)17-18)8-3-4-9-19-12-7-5-6-11(15)10-12/h5-7,10,18H,3-4,8-9H2,1-2H3,(H2,16,17). The van der Waals surface area contributed by atoms with Crippen LogP contribution in [-0.2, 0) is 0 Å². The molecule has 4 nitrogen and oxygen atoms in total. The molecule has 19 heavy (non-hydrogen) atoms. The number of amidine groups is 1. The molecule has 0 aliphatic heterocycles. The van der Waals surface area contributed by atoms with E-state index in [0.717, 1.165) is 25.0 Å². The quantitative estimate of drug-likeness (QED) is 0.264. The largest absolute Gasteiger partial charge is 0.494 e. The van der Waals surface area contributed by atoms with Crippen LogP contribution < -0.4 is 10.5 Å². The molecule has 0 amide bonds. The lowest BCUT2D eigenvalue weighted by molar-refractivity contribution is 0.288. The molecule has 0 bridgehead atoms. The first kappa shape index (κ1) is 15.6. The fourth-order valence-corrected chi connectivity index (χ4v) is 1.86. The number of oxime groups is 1. The molecule has 106 valence electrons. The van der Waals surface area contributed by atoms with Crippen molar-refractivity contribution in [3.8, 4) is 5.75 Å². The first-order valence-electron chi connectivity index (χ1n) is 6.32. The number of benzene rings is 1. The molecule has 0 aliphatic rings. The van der Waals surface area contributed by atoms with Gasteiger partial charge in [-0.1, -0.05) is 36.7 Å². The summed E-state index contributed by atoms with van der Waals surface area (Å²) in [6.45, 7) is 4.55. The predicted molar refractivity (Wildman–Crippen MR) is 78.0 cm³/mol. The summed E-state index contributed by atoms with van der Waals surface area (Å²) in [7, 11) is 0. The fraction of sp³-hybridized carbons (Fsp3) is 0.500. The maximum absolute atomic E-state index is 8.67. The second kappa shape index (κ2) is 7.24. The zero-order chi connectivity index (χ0) is 14.3. The Morgan fingerprint density at radius 1 is 1.42 bits per heavy atom. The van der Waals surface area contributed by atoms with Crippen molar-refractivity contribution in [1.82, 2.24) is 0 Å². The normalized spacial score (nSPS) is 12.5. The van der Waals surface area contributed by atoms with Gasteiger partial charge >= 0.3 is 0 Å². The van der Waals surface area contributed by atoms with Gasteiger partial charge in [0.2, 0.25) is 0 Å². The van der Waals surface area contributed by atoms with Gasteiger partial charge < -0.3 is 15.7 Å². The van der Waals surface area contributed by atoms with Crippen molar-refractivity contribution in [3.63, 3.8) is 0 Å². The van der Waals surface area contributed by atoms with E-state index in [-0.39, 0.29) is 11.3 Å². The van der Waals surface area contributed by atoms with Gasteiger partial charge in [0.25, 0.3) is 0 Å². The van der Waals surface area contributed by atoms with E-state index in [4.69, 9.17) is 27.3 Å². The Morgan fingerprint density at radius 2 is 2.16 bits per heavy atom. The SMILES string of the molecule is CC(C)(CCCCOc1cccc(Cl)c1)/C(N)=N/O. The third-order valence-electron chi connectivity index (χ3n) is 3.06. The Balaban J connectivity index is 2.25. The number of rotatable bonds is 7. The Bertz CT molecular complexity index is 433. The van der Waals surface area contributed by atoms with Crippen molar-refractivity contribution in [2.45, 2.75) is 33.1 Å². The maximum atomic E-state index is 8.67. The third kappa shape index (κ3) is 5.39. The Morgan fingerprint density at radius 3 is 2.79 bits per heavy atom. The molecule has 0 atom stereocenters. The van der Waals surface area contributed by atoms with E-state index in [1.165, 1.54) is 0 Å². The molecule has 1 aromatic carbocycles. The van der Waals surface area contributed by atoms with Gasteiger partial charge in [0.15, 0.2) is 0 Å². The van der Waals surface area contributed by atoms with Crippen LogP contribution in [0.25, 0.3) is 0 Å². The summed E-state index contributed by atoms with van der Waals surface area (Å²) in [5.74, 6) is 1.05. The average Bonchev–Trinajstić information content (AvgIpc) is 2.37. The molecule has 0 saturated carbocycles. The van der Waals surface area contributed by atoms with Crippen molar-refractivity contribution in [1.29, 1.82) is 0 Å². The number of nitrogens with zero attached hydrogens (tertiary/aromatic N) is 1. The van der Waals surface area contributed by atoms with Crippen LogP contribution in [0, 0.1) is 5.41 Å². The number of hydrogen-bond donors (Lipinski definition) is 2. The zero-order valence-corrected chi connectivity index (χ0v) is 12.2. The molecule has 3 N–H and O–H groups in total. The van der Waals surface area contributed by atoms with Gasteiger partial charge in [-0.05, 0) is 37.5 Å². The third-order valence-corrected chi connectivity index (χ3v) is 3.30. The molecule has 0 fully saturated rings. The number of hydrogen-bond acceptors (Lipinski definition) is 3. The van der Waals surface area contributed by atoms with Crippen molar-refractivity contribution >= 4 is 17.4 Å². The van der Waals surface area contributed by atoms with Gasteiger partial charge in [0.05, 0.1) is 6.61 Å². The molecule has 0 radical (unpaired) electrons. The summed E-state index contributed by atoms with van der Waals surface area (Å²) in [6, 6.07) is 7.35. The topological polar surface area (TPSA) is 67.8 Å². The Kier molecular flexibility index (Phi) is 5.96. The average molecular weight is 285 g/mol. The van der Waals surface area contributed by atoms with E-state index in [1.807, 2.05) is 32.0 Å². The molecule has 0 unspecified atom stereocenters. The lowest BCUT2D eigenvalue weighted by Gasteiger charge is -2.22. The number of unbranched alkanes of at least 4 members (excludes halogenated alkanes) is 1. The highest BCUT2D eigenvalue weighted by atomic mass is 35.5. The van der Waals surface area contributed by atoms with Gasteiger partial charge in [0, 0.05) is 10.4 Å². The monoisotopic (exact) mass is 284 g/mol. The number of halogens is 1. The molecular formula is C14H21ClN2O2. The summed E-state index contributed by atoms with van der Waals surface area (Å²) >= 11 is 5.86. The first-order valence-corrected chi connectivity index (χ1v) is 6.70. The van der Waals surface area contributed by atoms with E-state index >= 15 is 0 Å². The van der Waals surface area contributed by atoms with Crippen LogP contribution in [0.4, 0.5) is 0 Å². The van der Waals surface area contributed by atoms with Crippen LogP contribution in [0.3, 0.4) is 0 Å². The van der Waals surface area contributed by atoms with E-state index in [1.54, 1.807) is 6.07 Å². The molecule has 5 heteroatoms. The van der Waals surface area contributed by atoms with Crippen LogP contribution in [0.15, 0.2) is 29.4 Å². The van der Waals surface area contributed by atoms with Gasteiger partial charge in [-0.2, -0.15) is 0 Å². The molecule has 0 spiro atoms. The minimum atomic E-state index is -0.287. The lowest BCUT2D eigenvalue weighted by Crippen LogP contribution is -2.31. The van der Waals surface area contributed by atoms with E-state index in [2.05, 4.69) is 5.16 Å². The molecule has 0 heterocycles. The number of nitrogens with two attached hydrogens (primary N) is 1. The van der Waals surface area contributed by atoms with Gasteiger partial charge in [-0.25, -0.2) is 0 Å². The molecule has 1 aromatic rings. The molecule has 1 rings (SSSR count). The highest BCUT2D eigenvalue weighted by Crippen LogP contribution is 2.23. The molecule has 0 saturated heterocycles.